The van der Waals surface area contributed by atoms with Gasteiger partial charge in [-0.1, -0.05) is 0 Å². The van der Waals surface area contributed by atoms with Gasteiger partial charge in [-0.2, -0.15) is 0 Å². The minimum Gasteiger partial charge on any atom is -0.380 e. The lowest BCUT2D eigenvalue weighted by molar-refractivity contribution is -0.136. The van der Waals surface area contributed by atoms with Crippen LogP contribution < -0.4 is 5.73 Å². The number of amides is 1. The normalized spacial score (nSPS) is 21.7. The van der Waals surface area contributed by atoms with Gasteiger partial charge in [-0.05, 0) is 26.2 Å². The molecule has 0 bridgehead atoms. The molecule has 0 aromatic carbocycles. The van der Waals surface area contributed by atoms with E-state index in [9.17, 15) is 4.79 Å². The Hall–Kier alpha value is -0.610. The van der Waals surface area contributed by atoms with Crippen LogP contribution >= 0.6 is 0 Å². The molecule has 1 rings (SSSR count). The minimum absolute atomic E-state index is 0.182. The molecule has 1 aliphatic heterocycles. The second-order valence-electron chi connectivity index (χ2n) is 3.93. The fourth-order valence-corrected chi connectivity index (χ4v) is 2.02. The van der Waals surface area contributed by atoms with Gasteiger partial charge in [0.2, 0.25) is 5.91 Å². The number of nitrogens with two attached hydrogens (primary N) is 1. The smallest absolute Gasteiger partial charge is 0.224 e. The van der Waals surface area contributed by atoms with Crippen LogP contribution in [0.1, 0.15) is 32.6 Å². The molecule has 0 aromatic heterocycles. The summed E-state index contributed by atoms with van der Waals surface area (Å²) >= 11 is 0. The molecule has 15 heavy (non-hydrogen) atoms. The summed E-state index contributed by atoms with van der Waals surface area (Å²) in [5, 5.41) is 0. The van der Waals surface area contributed by atoms with E-state index < -0.39 is 0 Å². The van der Waals surface area contributed by atoms with Gasteiger partial charge in [-0.25, -0.2) is 0 Å². The largest absolute Gasteiger partial charge is 0.380 e. The summed E-state index contributed by atoms with van der Waals surface area (Å²) in [5.74, 6) is 0.182. The Balaban J connectivity index is 2.45. The molecule has 88 valence electrons. The van der Waals surface area contributed by atoms with Crippen LogP contribution in [0.4, 0.5) is 0 Å². The molecule has 4 nitrogen and oxygen atoms in total. The molecule has 1 fully saturated rings. The molecule has 2 N–H and O–H groups in total. The van der Waals surface area contributed by atoms with Crippen molar-refractivity contribution >= 4 is 5.91 Å². The summed E-state index contributed by atoms with van der Waals surface area (Å²) in [4.78, 5) is 13.7. The Morgan fingerprint density at radius 2 is 2.33 bits per heavy atom. The topological polar surface area (TPSA) is 55.6 Å². The lowest BCUT2D eigenvalue weighted by Gasteiger charge is -2.35. The average molecular weight is 214 g/mol. The van der Waals surface area contributed by atoms with Gasteiger partial charge in [0.1, 0.15) is 0 Å². The predicted molar refractivity (Wildman–Crippen MR) is 59.5 cm³/mol. The van der Waals surface area contributed by atoms with E-state index in [1.54, 1.807) is 0 Å². The van der Waals surface area contributed by atoms with Crippen molar-refractivity contribution in [1.82, 2.24) is 4.90 Å². The van der Waals surface area contributed by atoms with Gasteiger partial charge in [-0.15, -0.1) is 0 Å². The maximum absolute atomic E-state index is 11.8. The van der Waals surface area contributed by atoms with Crippen molar-refractivity contribution < 1.29 is 9.53 Å². The summed E-state index contributed by atoms with van der Waals surface area (Å²) in [6, 6.07) is 0.276. The second kappa shape index (κ2) is 6.80. The zero-order valence-corrected chi connectivity index (χ0v) is 9.58. The highest BCUT2D eigenvalue weighted by atomic mass is 16.5. The zero-order chi connectivity index (χ0) is 11.1. The van der Waals surface area contributed by atoms with E-state index in [0.717, 1.165) is 26.0 Å². The zero-order valence-electron chi connectivity index (χ0n) is 9.58. The van der Waals surface area contributed by atoms with Crippen LogP contribution in [0.2, 0.25) is 0 Å². The van der Waals surface area contributed by atoms with E-state index >= 15 is 0 Å². The number of hydrogen-bond acceptors (Lipinski definition) is 3. The Labute approximate surface area is 91.8 Å². The predicted octanol–water partition coefficient (Wildman–Crippen LogP) is 0.753. The van der Waals surface area contributed by atoms with Crippen molar-refractivity contribution in [2.24, 2.45) is 5.73 Å². The van der Waals surface area contributed by atoms with Gasteiger partial charge in [-0.3, -0.25) is 4.79 Å². The second-order valence-corrected chi connectivity index (χ2v) is 3.93. The van der Waals surface area contributed by atoms with Crippen LogP contribution in [0.5, 0.6) is 0 Å². The number of carbonyl (C=O) groups excluding carboxylic acids is 1. The van der Waals surface area contributed by atoms with Gasteiger partial charge >= 0.3 is 0 Å². The molecule has 1 unspecified atom stereocenters. The van der Waals surface area contributed by atoms with Crippen LogP contribution in [-0.4, -0.2) is 43.2 Å². The molecule has 0 aromatic rings. The van der Waals surface area contributed by atoms with E-state index in [0.29, 0.717) is 19.6 Å². The molecule has 0 spiro atoms. The lowest BCUT2D eigenvalue weighted by Crippen LogP contribution is -2.46. The number of carbonyl (C=O) groups is 1. The van der Waals surface area contributed by atoms with Crippen molar-refractivity contribution in [2.75, 3.05) is 26.3 Å². The highest BCUT2D eigenvalue weighted by Crippen LogP contribution is 2.18. The van der Waals surface area contributed by atoms with E-state index in [4.69, 9.17) is 10.5 Å². The lowest BCUT2D eigenvalue weighted by atomic mass is 10.0. The Morgan fingerprint density at radius 1 is 1.53 bits per heavy atom. The fraction of sp³-hybridized carbons (Fsp3) is 0.909. The van der Waals surface area contributed by atoms with Crippen molar-refractivity contribution in [3.63, 3.8) is 0 Å². The first-order chi connectivity index (χ1) is 7.29. The number of piperidine rings is 1. The highest BCUT2D eigenvalue weighted by molar-refractivity contribution is 5.76. The van der Waals surface area contributed by atoms with E-state index in [1.165, 1.54) is 6.42 Å². The molecule has 1 atom stereocenters. The minimum atomic E-state index is 0.182. The Morgan fingerprint density at radius 3 is 3.00 bits per heavy atom. The molecular formula is C11H22N2O2. The summed E-state index contributed by atoms with van der Waals surface area (Å²) in [7, 11) is 0. The fourth-order valence-electron chi connectivity index (χ4n) is 2.02. The highest BCUT2D eigenvalue weighted by Gasteiger charge is 2.25. The quantitative estimate of drug-likeness (QED) is 0.735. The van der Waals surface area contributed by atoms with Crippen molar-refractivity contribution in [3.05, 3.63) is 0 Å². The monoisotopic (exact) mass is 214 g/mol. The van der Waals surface area contributed by atoms with E-state index in [-0.39, 0.29) is 11.9 Å². The first-order valence-electron chi connectivity index (χ1n) is 5.86. The van der Waals surface area contributed by atoms with Crippen molar-refractivity contribution in [2.45, 2.75) is 38.6 Å². The average Bonchev–Trinajstić information content (AvgIpc) is 2.27. The van der Waals surface area contributed by atoms with E-state index in [1.807, 2.05) is 11.8 Å². The van der Waals surface area contributed by atoms with Gasteiger partial charge < -0.3 is 15.4 Å². The first kappa shape index (κ1) is 12.5. The maximum Gasteiger partial charge on any atom is 0.224 e. The molecule has 0 saturated carbocycles. The molecule has 1 saturated heterocycles. The summed E-state index contributed by atoms with van der Waals surface area (Å²) in [5.41, 5.74) is 5.40. The first-order valence-corrected chi connectivity index (χ1v) is 5.86. The van der Waals surface area contributed by atoms with E-state index in [2.05, 4.69) is 0 Å². The van der Waals surface area contributed by atoms with Crippen molar-refractivity contribution in [1.29, 1.82) is 0 Å². The maximum atomic E-state index is 11.8. The third-order valence-corrected chi connectivity index (χ3v) is 2.82. The van der Waals surface area contributed by atoms with Crippen LogP contribution in [0.3, 0.4) is 0 Å². The van der Waals surface area contributed by atoms with Crippen LogP contribution in [0.25, 0.3) is 0 Å². The van der Waals surface area contributed by atoms with Gasteiger partial charge in [0.05, 0.1) is 12.6 Å². The molecule has 0 radical (unpaired) electrons. The van der Waals surface area contributed by atoms with Crippen molar-refractivity contribution in [3.8, 4) is 0 Å². The molecule has 1 aliphatic rings. The summed E-state index contributed by atoms with van der Waals surface area (Å²) < 4.78 is 5.41. The number of ether oxygens (including phenoxy) is 1. The third-order valence-electron chi connectivity index (χ3n) is 2.82. The standard InChI is InChI=1S/C11H22N2O2/c1-2-15-9-10-5-3-4-8-13(10)11(14)6-7-12/h10H,2-9,12H2,1H3. The molecule has 1 heterocycles. The molecule has 1 amide bonds. The SMILES string of the molecule is CCOCC1CCCCN1C(=O)CCN. The Bertz CT molecular complexity index is 197. The summed E-state index contributed by atoms with van der Waals surface area (Å²) in [6.45, 7) is 4.68. The van der Waals surface area contributed by atoms with Gasteiger partial charge in [0.15, 0.2) is 0 Å². The number of hydrogen-bond donors (Lipinski definition) is 1. The Kier molecular flexibility index (Phi) is 5.65. The molecule has 0 aliphatic carbocycles. The number of likely N-dealkylation sites (tertiary alicyclic amines) is 1. The number of rotatable bonds is 5. The van der Waals surface area contributed by atoms with Crippen LogP contribution in [0, 0.1) is 0 Å². The molecule has 4 heteroatoms. The third kappa shape index (κ3) is 3.80. The molecular weight excluding hydrogens is 192 g/mol. The van der Waals surface area contributed by atoms with Crippen LogP contribution in [0.15, 0.2) is 0 Å². The van der Waals surface area contributed by atoms with Gasteiger partial charge in [0.25, 0.3) is 0 Å². The number of nitrogens with zero attached hydrogens (tertiary/aromatic N) is 1. The van der Waals surface area contributed by atoms with Crippen LogP contribution in [-0.2, 0) is 9.53 Å². The van der Waals surface area contributed by atoms with Gasteiger partial charge in [0, 0.05) is 26.1 Å². The summed E-state index contributed by atoms with van der Waals surface area (Å²) in [6.07, 6.45) is 3.84.